The van der Waals surface area contributed by atoms with Gasteiger partial charge in [-0.25, -0.2) is 0 Å². The Morgan fingerprint density at radius 2 is 2.08 bits per heavy atom. The monoisotopic (exact) mass is 183 g/mol. The summed E-state index contributed by atoms with van der Waals surface area (Å²) in [5.41, 5.74) is 0. The Morgan fingerprint density at radius 1 is 1.31 bits per heavy atom. The van der Waals surface area contributed by atoms with Crippen LogP contribution in [0.2, 0.25) is 0 Å². The van der Waals surface area contributed by atoms with Gasteiger partial charge in [-0.15, -0.1) is 0 Å². The molecule has 0 bridgehead atoms. The number of nitrogens with zero attached hydrogens (tertiary/aromatic N) is 1. The van der Waals surface area contributed by atoms with Gasteiger partial charge in [0.2, 0.25) is 0 Å². The van der Waals surface area contributed by atoms with E-state index in [1.54, 1.807) is 0 Å². The molecule has 1 aliphatic heterocycles. The van der Waals surface area contributed by atoms with Gasteiger partial charge in [0.05, 0.1) is 0 Å². The summed E-state index contributed by atoms with van der Waals surface area (Å²) < 4.78 is 0. The average molecular weight is 183 g/mol. The molecule has 0 amide bonds. The number of hydrogen-bond acceptors (Lipinski definition) is 1. The maximum absolute atomic E-state index is 2.56. The van der Waals surface area contributed by atoms with E-state index in [9.17, 15) is 0 Å². The van der Waals surface area contributed by atoms with Gasteiger partial charge in [-0.3, -0.25) is 0 Å². The smallest absolute Gasteiger partial charge is 0.00922 e. The van der Waals surface area contributed by atoms with Gasteiger partial charge in [-0.2, -0.15) is 0 Å². The van der Waals surface area contributed by atoms with Crippen molar-refractivity contribution in [2.75, 3.05) is 13.6 Å². The van der Waals surface area contributed by atoms with E-state index in [4.69, 9.17) is 0 Å². The molecule has 0 saturated carbocycles. The second-order valence-electron chi connectivity index (χ2n) is 4.95. The first-order chi connectivity index (χ1) is 6.20. The minimum atomic E-state index is 0.883. The average Bonchev–Trinajstić information content (AvgIpc) is 2.08. The van der Waals surface area contributed by atoms with Gasteiger partial charge < -0.3 is 4.90 Å². The van der Waals surface area contributed by atoms with Crippen molar-refractivity contribution in [1.82, 2.24) is 4.90 Å². The van der Waals surface area contributed by atoms with Crippen molar-refractivity contribution in [2.24, 2.45) is 5.92 Å². The van der Waals surface area contributed by atoms with E-state index < -0.39 is 0 Å². The summed E-state index contributed by atoms with van der Waals surface area (Å²) >= 11 is 0. The fourth-order valence-electron chi connectivity index (χ4n) is 2.27. The molecule has 1 heteroatoms. The standard InChI is InChI=1S/C12H25N/c1-11(2)7-6-9-12-8-4-5-10-13(12)3/h11-12H,4-10H2,1-3H3. The SMILES string of the molecule is CC(C)CCCC1CCCCN1C. The van der Waals surface area contributed by atoms with E-state index in [0.29, 0.717) is 0 Å². The lowest BCUT2D eigenvalue weighted by atomic mass is 9.96. The van der Waals surface area contributed by atoms with Crippen LogP contribution >= 0.6 is 0 Å². The van der Waals surface area contributed by atoms with Crippen molar-refractivity contribution in [3.63, 3.8) is 0 Å². The van der Waals surface area contributed by atoms with Gasteiger partial charge >= 0.3 is 0 Å². The van der Waals surface area contributed by atoms with Crippen LogP contribution < -0.4 is 0 Å². The number of likely N-dealkylation sites (tertiary alicyclic amines) is 1. The number of rotatable bonds is 4. The van der Waals surface area contributed by atoms with Crippen LogP contribution in [0, 0.1) is 5.92 Å². The van der Waals surface area contributed by atoms with E-state index >= 15 is 0 Å². The molecule has 1 nitrogen and oxygen atoms in total. The molecule has 1 fully saturated rings. The topological polar surface area (TPSA) is 3.24 Å². The van der Waals surface area contributed by atoms with Gasteiger partial charge in [0, 0.05) is 6.04 Å². The fraction of sp³-hybridized carbons (Fsp3) is 1.00. The fourth-order valence-corrected chi connectivity index (χ4v) is 2.27. The van der Waals surface area contributed by atoms with Crippen molar-refractivity contribution in [3.8, 4) is 0 Å². The molecule has 1 unspecified atom stereocenters. The lowest BCUT2D eigenvalue weighted by Gasteiger charge is -2.32. The number of piperidine rings is 1. The maximum Gasteiger partial charge on any atom is 0.00922 e. The summed E-state index contributed by atoms with van der Waals surface area (Å²) in [5.74, 6) is 0.883. The highest BCUT2D eigenvalue weighted by atomic mass is 15.1. The summed E-state index contributed by atoms with van der Waals surface area (Å²) in [4.78, 5) is 2.56. The highest BCUT2D eigenvalue weighted by molar-refractivity contribution is 4.73. The lowest BCUT2D eigenvalue weighted by molar-refractivity contribution is 0.172. The van der Waals surface area contributed by atoms with E-state index in [1.807, 2.05) is 0 Å². The zero-order valence-corrected chi connectivity index (χ0v) is 9.55. The molecule has 0 spiro atoms. The summed E-state index contributed by atoms with van der Waals surface area (Å²) in [6, 6.07) is 0.896. The van der Waals surface area contributed by atoms with E-state index in [0.717, 1.165) is 12.0 Å². The predicted molar refractivity (Wildman–Crippen MR) is 59.0 cm³/mol. The highest BCUT2D eigenvalue weighted by Gasteiger charge is 2.17. The normalized spacial score (nSPS) is 25.4. The van der Waals surface area contributed by atoms with Crippen LogP contribution in [-0.2, 0) is 0 Å². The Kier molecular flexibility index (Phi) is 4.79. The molecule has 0 aliphatic carbocycles. The molecule has 0 N–H and O–H groups in total. The Bertz CT molecular complexity index is 131. The third-order valence-corrected chi connectivity index (χ3v) is 3.24. The molecule has 0 aromatic heterocycles. The van der Waals surface area contributed by atoms with Crippen LogP contribution in [0.25, 0.3) is 0 Å². The van der Waals surface area contributed by atoms with Gasteiger partial charge in [-0.1, -0.05) is 33.1 Å². The first-order valence-corrected chi connectivity index (χ1v) is 5.90. The molecule has 0 radical (unpaired) electrons. The van der Waals surface area contributed by atoms with Crippen molar-refractivity contribution in [3.05, 3.63) is 0 Å². The molecule has 1 atom stereocenters. The summed E-state index contributed by atoms with van der Waals surface area (Å²) in [6.45, 7) is 5.97. The number of hydrogen-bond donors (Lipinski definition) is 0. The van der Waals surface area contributed by atoms with Crippen molar-refractivity contribution in [1.29, 1.82) is 0 Å². The van der Waals surface area contributed by atoms with Crippen LogP contribution in [0.4, 0.5) is 0 Å². The van der Waals surface area contributed by atoms with Gasteiger partial charge in [0.15, 0.2) is 0 Å². The largest absolute Gasteiger partial charge is 0.303 e. The minimum absolute atomic E-state index is 0.883. The molecule has 1 rings (SSSR count). The van der Waals surface area contributed by atoms with Gasteiger partial charge in [-0.05, 0) is 38.8 Å². The molecule has 78 valence electrons. The zero-order chi connectivity index (χ0) is 9.68. The molecule has 0 aromatic carbocycles. The Balaban J connectivity index is 2.11. The quantitative estimate of drug-likeness (QED) is 0.646. The van der Waals surface area contributed by atoms with Crippen molar-refractivity contribution >= 4 is 0 Å². The first kappa shape index (κ1) is 11.0. The van der Waals surface area contributed by atoms with Crippen molar-refractivity contribution in [2.45, 2.75) is 58.4 Å². The predicted octanol–water partition coefficient (Wildman–Crippen LogP) is 3.30. The molecule has 1 saturated heterocycles. The summed E-state index contributed by atoms with van der Waals surface area (Å²) in [7, 11) is 2.29. The molecule has 1 aliphatic rings. The van der Waals surface area contributed by atoms with Gasteiger partial charge in [0.1, 0.15) is 0 Å². The first-order valence-electron chi connectivity index (χ1n) is 5.90. The summed E-state index contributed by atoms with van der Waals surface area (Å²) in [5, 5.41) is 0. The Labute approximate surface area is 83.5 Å². The van der Waals surface area contributed by atoms with E-state index in [2.05, 4.69) is 25.8 Å². The third kappa shape index (κ3) is 4.12. The van der Waals surface area contributed by atoms with Crippen LogP contribution in [0.1, 0.15) is 52.4 Å². The van der Waals surface area contributed by atoms with Crippen LogP contribution in [0.3, 0.4) is 0 Å². The molecule has 1 heterocycles. The lowest BCUT2D eigenvalue weighted by Crippen LogP contribution is -2.36. The van der Waals surface area contributed by atoms with Crippen LogP contribution in [0.15, 0.2) is 0 Å². The highest BCUT2D eigenvalue weighted by Crippen LogP contribution is 2.20. The van der Waals surface area contributed by atoms with Gasteiger partial charge in [0.25, 0.3) is 0 Å². The second-order valence-corrected chi connectivity index (χ2v) is 4.95. The Hall–Kier alpha value is -0.0400. The maximum atomic E-state index is 2.56. The molecular weight excluding hydrogens is 158 g/mol. The second kappa shape index (κ2) is 5.64. The van der Waals surface area contributed by atoms with Crippen LogP contribution in [-0.4, -0.2) is 24.5 Å². The summed E-state index contributed by atoms with van der Waals surface area (Å²) in [6.07, 6.45) is 8.56. The van der Waals surface area contributed by atoms with E-state index in [1.165, 1.54) is 45.1 Å². The zero-order valence-electron chi connectivity index (χ0n) is 9.55. The molecular formula is C12H25N. The van der Waals surface area contributed by atoms with Crippen LogP contribution in [0.5, 0.6) is 0 Å². The van der Waals surface area contributed by atoms with E-state index in [-0.39, 0.29) is 0 Å². The molecule has 0 aromatic rings. The third-order valence-electron chi connectivity index (χ3n) is 3.24. The van der Waals surface area contributed by atoms with Crippen molar-refractivity contribution < 1.29 is 0 Å². The molecule has 13 heavy (non-hydrogen) atoms. The minimum Gasteiger partial charge on any atom is -0.303 e. The Morgan fingerprint density at radius 3 is 2.69 bits per heavy atom.